The molecule has 0 fully saturated rings. The number of hydrogen-bond acceptors (Lipinski definition) is 1. The molecule has 0 unspecified atom stereocenters. The van der Waals surface area contributed by atoms with Crippen LogP contribution in [0, 0.1) is 0 Å². The van der Waals surface area contributed by atoms with Crippen LogP contribution in [0.15, 0.2) is 0 Å². The summed E-state index contributed by atoms with van der Waals surface area (Å²) >= 11 is 0. The van der Waals surface area contributed by atoms with Crippen LogP contribution in [0.5, 0.6) is 0 Å². The van der Waals surface area contributed by atoms with Gasteiger partial charge >= 0.3 is 0 Å². The third-order valence-electron chi connectivity index (χ3n) is 2.95. The van der Waals surface area contributed by atoms with Crippen LogP contribution >= 0.6 is 0 Å². The highest BCUT2D eigenvalue weighted by Crippen LogP contribution is 2.18. The largest absolute Gasteiger partial charge is 0.381 e. The van der Waals surface area contributed by atoms with Gasteiger partial charge in [-0.2, -0.15) is 0 Å². The van der Waals surface area contributed by atoms with Crippen LogP contribution < -0.4 is 0 Å². The highest BCUT2D eigenvalue weighted by atomic mass is 28.3. The summed E-state index contributed by atoms with van der Waals surface area (Å²) in [7, 11) is -0.793. The number of unbranched alkanes of at least 4 members (excludes halogenated alkanes) is 2. The van der Waals surface area contributed by atoms with Gasteiger partial charge in [0.05, 0.1) is 0 Å². The molecule has 1 nitrogen and oxygen atoms in total. The first-order valence-corrected chi connectivity index (χ1v) is 9.61. The van der Waals surface area contributed by atoms with Crippen molar-refractivity contribution in [2.45, 2.75) is 64.7 Å². The normalized spacial score (nSPS) is 12.0. The van der Waals surface area contributed by atoms with Gasteiger partial charge in [0.1, 0.15) is 0 Å². The first kappa shape index (κ1) is 14.2. The van der Waals surface area contributed by atoms with Crippen molar-refractivity contribution in [3.05, 3.63) is 0 Å². The average Bonchev–Trinajstić information content (AvgIpc) is 2.16. The molecule has 0 bridgehead atoms. The summed E-state index contributed by atoms with van der Waals surface area (Å²) in [5.41, 5.74) is 0. The number of hydrogen-bond donors (Lipinski definition) is 0. The summed E-state index contributed by atoms with van der Waals surface area (Å²) in [5.74, 6) is 0. The standard InChI is InChI=1S/C12H28OSi/c1-5-10-13-11-8-7-9-12-14(3,4)6-2/h5-12H2,1-4H3. The van der Waals surface area contributed by atoms with Crippen molar-refractivity contribution in [2.24, 2.45) is 0 Å². The summed E-state index contributed by atoms with van der Waals surface area (Å²) < 4.78 is 5.45. The van der Waals surface area contributed by atoms with Crippen LogP contribution in [0.3, 0.4) is 0 Å². The minimum absolute atomic E-state index is 0.793. The second-order valence-electron chi connectivity index (χ2n) is 4.94. The van der Waals surface area contributed by atoms with E-state index < -0.39 is 8.07 Å². The zero-order valence-corrected chi connectivity index (χ0v) is 11.6. The molecule has 2 heteroatoms. The molecule has 0 aliphatic carbocycles. The van der Waals surface area contributed by atoms with E-state index in [-0.39, 0.29) is 0 Å². The Morgan fingerprint density at radius 1 is 0.929 bits per heavy atom. The van der Waals surface area contributed by atoms with Gasteiger partial charge in [-0.15, -0.1) is 0 Å². The molecule has 0 spiro atoms. The van der Waals surface area contributed by atoms with Gasteiger partial charge in [0.25, 0.3) is 0 Å². The first-order valence-electron chi connectivity index (χ1n) is 6.20. The summed E-state index contributed by atoms with van der Waals surface area (Å²) in [6.07, 6.45) is 5.19. The lowest BCUT2D eigenvalue weighted by Crippen LogP contribution is -2.22. The molecule has 0 amide bonds. The molecule has 0 radical (unpaired) electrons. The van der Waals surface area contributed by atoms with Crippen molar-refractivity contribution >= 4 is 8.07 Å². The van der Waals surface area contributed by atoms with Crippen molar-refractivity contribution in [3.8, 4) is 0 Å². The van der Waals surface area contributed by atoms with Gasteiger partial charge in [-0.25, -0.2) is 0 Å². The molecule has 0 aliphatic heterocycles. The smallest absolute Gasteiger partial charge is 0.0471 e. The molecule has 0 saturated heterocycles. The molecule has 0 aromatic rings. The molecular formula is C12H28OSi. The van der Waals surface area contributed by atoms with Gasteiger partial charge in [0.15, 0.2) is 0 Å². The predicted octanol–water partition coefficient (Wildman–Crippen LogP) is 4.31. The number of ether oxygens (including phenoxy) is 1. The predicted molar refractivity (Wildman–Crippen MR) is 67.7 cm³/mol. The molecule has 0 heterocycles. The summed E-state index contributed by atoms with van der Waals surface area (Å²) in [5, 5.41) is 0. The zero-order valence-electron chi connectivity index (χ0n) is 10.6. The first-order chi connectivity index (χ1) is 6.62. The van der Waals surface area contributed by atoms with E-state index in [1.807, 2.05) is 0 Å². The Kier molecular flexibility index (Phi) is 8.59. The van der Waals surface area contributed by atoms with Crippen molar-refractivity contribution in [1.29, 1.82) is 0 Å². The molecule has 0 atom stereocenters. The fourth-order valence-corrected chi connectivity index (χ4v) is 2.97. The second kappa shape index (κ2) is 8.48. The summed E-state index contributed by atoms with van der Waals surface area (Å²) in [6, 6.07) is 2.93. The fraction of sp³-hybridized carbons (Fsp3) is 1.00. The van der Waals surface area contributed by atoms with Crippen LogP contribution in [0.1, 0.15) is 39.5 Å². The van der Waals surface area contributed by atoms with E-state index in [1.165, 1.54) is 31.4 Å². The Hall–Kier alpha value is 0.177. The molecule has 0 saturated carbocycles. The van der Waals surface area contributed by atoms with Crippen LogP contribution in [0.4, 0.5) is 0 Å². The summed E-state index contributed by atoms with van der Waals surface area (Å²) in [4.78, 5) is 0. The van der Waals surface area contributed by atoms with E-state index in [4.69, 9.17) is 4.74 Å². The lowest BCUT2D eigenvalue weighted by Gasteiger charge is -2.19. The molecule has 0 aromatic heterocycles. The monoisotopic (exact) mass is 216 g/mol. The van der Waals surface area contributed by atoms with Gasteiger partial charge in [0.2, 0.25) is 0 Å². The van der Waals surface area contributed by atoms with Gasteiger partial charge in [0, 0.05) is 21.3 Å². The topological polar surface area (TPSA) is 9.23 Å². The van der Waals surface area contributed by atoms with E-state index in [9.17, 15) is 0 Å². The highest BCUT2D eigenvalue weighted by molar-refractivity contribution is 6.77. The third kappa shape index (κ3) is 8.76. The lowest BCUT2D eigenvalue weighted by atomic mass is 10.3. The van der Waals surface area contributed by atoms with Gasteiger partial charge in [-0.05, 0) is 12.8 Å². The van der Waals surface area contributed by atoms with Crippen LogP contribution in [-0.2, 0) is 4.74 Å². The quantitative estimate of drug-likeness (QED) is 0.412. The zero-order chi connectivity index (χ0) is 10.9. The maximum absolute atomic E-state index is 5.45. The van der Waals surface area contributed by atoms with Gasteiger partial charge in [-0.3, -0.25) is 0 Å². The van der Waals surface area contributed by atoms with Crippen LogP contribution in [0.2, 0.25) is 25.2 Å². The number of rotatable bonds is 9. The molecule has 0 aromatic carbocycles. The fourth-order valence-electron chi connectivity index (χ4n) is 1.41. The Bertz CT molecular complexity index is 123. The molecule has 86 valence electrons. The second-order valence-corrected chi connectivity index (χ2v) is 10.5. The Morgan fingerprint density at radius 3 is 2.21 bits per heavy atom. The molecule has 14 heavy (non-hydrogen) atoms. The molecule has 0 aliphatic rings. The Morgan fingerprint density at radius 2 is 1.64 bits per heavy atom. The molecular weight excluding hydrogens is 188 g/mol. The van der Waals surface area contributed by atoms with E-state index in [0.717, 1.165) is 19.6 Å². The van der Waals surface area contributed by atoms with E-state index in [2.05, 4.69) is 26.9 Å². The van der Waals surface area contributed by atoms with Crippen LogP contribution in [-0.4, -0.2) is 21.3 Å². The minimum atomic E-state index is -0.793. The maximum Gasteiger partial charge on any atom is 0.0471 e. The van der Waals surface area contributed by atoms with Crippen molar-refractivity contribution in [3.63, 3.8) is 0 Å². The Balaban J connectivity index is 3.13. The average molecular weight is 216 g/mol. The third-order valence-corrected chi connectivity index (χ3v) is 6.57. The minimum Gasteiger partial charge on any atom is -0.381 e. The van der Waals surface area contributed by atoms with Crippen molar-refractivity contribution in [1.82, 2.24) is 0 Å². The highest BCUT2D eigenvalue weighted by Gasteiger charge is 2.16. The van der Waals surface area contributed by atoms with Gasteiger partial charge < -0.3 is 4.74 Å². The van der Waals surface area contributed by atoms with Gasteiger partial charge in [-0.1, -0.05) is 51.9 Å². The van der Waals surface area contributed by atoms with Crippen LogP contribution in [0.25, 0.3) is 0 Å². The van der Waals surface area contributed by atoms with E-state index in [0.29, 0.717) is 0 Å². The SMILES string of the molecule is CCCOCCCCC[Si](C)(C)CC. The molecule has 0 rings (SSSR count). The van der Waals surface area contributed by atoms with Crippen molar-refractivity contribution in [2.75, 3.05) is 13.2 Å². The van der Waals surface area contributed by atoms with Crippen molar-refractivity contribution < 1.29 is 4.74 Å². The van der Waals surface area contributed by atoms with E-state index in [1.54, 1.807) is 0 Å². The Labute approximate surface area is 91.2 Å². The summed E-state index contributed by atoms with van der Waals surface area (Å²) in [6.45, 7) is 11.4. The maximum atomic E-state index is 5.45. The molecule has 0 N–H and O–H groups in total. The lowest BCUT2D eigenvalue weighted by molar-refractivity contribution is 0.131. The van der Waals surface area contributed by atoms with E-state index >= 15 is 0 Å².